The third-order valence-corrected chi connectivity index (χ3v) is 2.43. The van der Waals surface area contributed by atoms with Crippen molar-refractivity contribution < 1.29 is 4.79 Å². The molecule has 0 aliphatic heterocycles. The summed E-state index contributed by atoms with van der Waals surface area (Å²) in [7, 11) is 0. The molecule has 1 aromatic rings. The Morgan fingerprint density at radius 3 is 2.93 bits per heavy atom. The predicted molar refractivity (Wildman–Crippen MR) is 60.9 cm³/mol. The zero-order valence-corrected chi connectivity index (χ0v) is 9.91. The Labute approximate surface area is 97.2 Å². The second-order valence-corrected chi connectivity index (χ2v) is 3.95. The second kappa shape index (κ2) is 5.52. The van der Waals surface area contributed by atoms with Gasteiger partial charge in [-0.25, -0.2) is 0 Å². The van der Waals surface area contributed by atoms with Crippen molar-refractivity contribution in [2.75, 3.05) is 0 Å². The summed E-state index contributed by atoms with van der Waals surface area (Å²) in [6.45, 7) is 1.75. The zero-order valence-electron chi connectivity index (χ0n) is 8.33. The Balaban J connectivity index is 2.84. The van der Waals surface area contributed by atoms with Crippen LogP contribution in [0.3, 0.4) is 0 Å². The van der Waals surface area contributed by atoms with Gasteiger partial charge >= 0.3 is 0 Å². The van der Waals surface area contributed by atoms with Crippen LogP contribution in [0.2, 0.25) is 0 Å². The molecule has 1 atom stereocenters. The molecule has 1 N–H and O–H groups in total. The van der Waals surface area contributed by atoms with Crippen molar-refractivity contribution in [2.24, 2.45) is 0 Å². The molecule has 0 saturated heterocycles. The third kappa shape index (κ3) is 3.37. The third-order valence-electron chi connectivity index (χ3n) is 1.94. The number of rotatable bonds is 3. The molecule has 4 heteroatoms. The topological polar surface area (TPSA) is 52.9 Å². The maximum Gasteiger partial charge on any atom is 0.221 e. The summed E-state index contributed by atoms with van der Waals surface area (Å²) in [4.78, 5) is 11.2. The van der Waals surface area contributed by atoms with Crippen LogP contribution in [0.15, 0.2) is 28.7 Å². The van der Waals surface area contributed by atoms with Gasteiger partial charge in [0.2, 0.25) is 5.91 Å². The minimum atomic E-state index is -0.574. The largest absolute Gasteiger partial charge is 0.337 e. The Kier molecular flexibility index (Phi) is 4.32. The molecule has 0 bridgehead atoms. The lowest BCUT2D eigenvalue weighted by molar-refractivity contribution is -0.121. The van der Waals surface area contributed by atoms with E-state index in [1.165, 1.54) is 0 Å². The Hall–Kier alpha value is -1.34. The second-order valence-electron chi connectivity index (χ2n) is 3.04. The first-order valence-corrected chi connectivity index (χ1v) is 5.41. The van der Waals surface area contributed by atoms with Gasteiger partial charge in [-0.15, -0.1) is 0 Å². The number of amides is 1. The maximum absolute atomic E-state index is 11.2. The molecule has 78 valence electrons. The number of nitrogens with one attached hydrogen (secondary N) is 1. The minimum absolute atomic E-state index is 0.124. The lowest BCUT2D eigenvalue weighted by Crippen LogP contribution is -2.26. The average Bonchev–Trinajstić information content (AvgIpc) is 2.25. The summed E-state index contributed by atoms with van der Waals surface area (Å²) < 4.78 is 0.894. The molecule has 0 spiro atoms. The van der Waals surface area contributed by atoms with E-state index in [4.69, 9.17) is 5.26 Å². The molecule has 0 saturated carbocycles. The molecule has 3 nitrogen and oxygen atoms in total. The van der Waals surface area contributed by atoms with E-state index in [2.05, 4.69) is 27.3 Å². The SMILES string of the molecule is CCC(=O)NC(C#N)c1cccc(Br)c1. The highest BCUT2D eigenvalue weighted by Crippen LogP contribution is 2.17. The van der Waals surface area contributed by atoms with Crippen molar-refractivity contribution in [3.05, 3.63) is 34.3 Å². The fourth-order valence-corrected chi connectivity index (χ4v) is 1.56. The summed E-state index contributed by atoms with van der Waals surface area (Å²) in [6.07, 6.45) is 0.381. The molecule has 1 unspecified atom stereocenters. The number of hydrogen-bond acceptors (Lipinski definition) is 2. The monoisotopic (exact) mass is 266 g/mol. The van der Waals surface area contributed by atoms with Crippen LogP contribution >= 0.6 is 15.9 Å². The van der Waals surface area contributed by atoms with Gasteiger partial charge in [0.25, 0.3) is 0 Å². The molecule has 1 rings (SSSR count). The van der Waals surface area contributed by atoms with Gasteiger partial charge in [-0.3, -0.25) is 4.79 Å². The summed E-state index contributed by atoms with van der Waals surface area (Å²) in [6, 6.07) is 8.83. The number of hydrogen-bond donors (Lipinski definition) is 1. The van der Waals surface area contributed by atoms with Crippen molar-refractivity contribution in [1.29, 1.82) is 5.26 Å². The summed E-state index contributed by atoms with van der Waals surface area (Å²) >= 11 is 3.32. The number of benzene rings is 1. The van der Waals surface area contributed by atoms with E-state index in [1.54, 1.807) is 6.92 Å². The number of halogens is 1. The molecule has 1 aromatic carbocycles. The minimum Gasteiger partial charge on any atom is -0.337 e. The smallest absolute Gasteiger partial charge is 0.221 e. The molecular weight excluding hydrogens is 256 g/mol. The van der Waals surface area contributed by atoms with E-state index >= 15 is 0 Å². The van der Waals surface area contributed by atoms with Crippen LogP contribution in [0, 0.1) is 11.3 Å². The molecule has 0 aliphatic rings. The Bertz CT molecular complexity index is 398. The van der Waals surface area contributed by atoms with E-state index in [1.807, 2.05) is 24.3 Å². The lowest BCUT2D eigenvalue weighted by atomic mass is 10.1. The Morgan fingerprint density at radius 2 is 2.40 bits per heavy atom. The normalized spacial score (nSPS) is 11.5. The van der Waals surface area contributed by atoms with Crippen molar-refractivity contribution >= 4 is 21.8 Å². The zero-order chi connectivity index (χ0) is 11.3. The van der Waals surface area contributed by atoms with E-state index in [-0.39, 0.29) is 5.91 Å². The first-order valence-electron chi connectivity index (χ1n) is 4.61. The summed E-state index contributed by atoms with van der Waals surface area (Å²) in [5.74, 6) is -0.124. The van der Waals surface area contributed by atoms with Crippen LogP contribution in [0.1, 0.15) is 24.9 Å². The summed E-state index contributed by atoms with van der Waals surface area (Å²) in [5, 5.41) is 11.6. The van der Waals surface area contributed by atoms with Crippen LogP contribution in [-0.4, -0.2) is 5.91 Å². The van der Waals surface area contributed by atoms with Gasteiger partial charge in [0.1, 0.15) is 6.04 Å². The van der Waals surface area contributed by atoms with Gasteiger partial charge in [-0.1, -0.05) is 35.0 Å². The first kappa shape index (κ1) is 11.7. The van der Waals surface area contributed by atoms with Crippen LogP contribution in [0.4, 0.5) is 0 Å². The van der Waals surface area contributed by atoms with Gasteiger partial charge in [0, 0.05) is 10.9 Å². The van der Waals surface area contributed by atoms with Crippen LogP contribution < -0.4 is 5.32 Å². The van der Waals surface area contributed by atoms with Gasteiger partial charge in [-0.2, -0.15) is 5.26 Å². The molecule has 0 aliphatic carbocycles. The fourth-order valence-electron chi connectivity index (χ4n) is 1.14. The molecular formula is C11H11BrN2O. The van der Waals surface area contributed by atoms with Crippen LogP contribution in [0.25, 0.3) is 0 Å². The predicted octanol–water partition coefficient (Wildman–Crippen LogP) is 2.54. The van der Waals surface area contributed by atoms with E-state index in [9.17, 15) is 4.79 Å². The van der Waals surface area contributed by atoms with Crippen LogP contribution in [0.5, 0.6) is 0 Å². The number of nitrogens with zero attached hydrogens (tertiary/aromatic N) is 1. The van der Waals surface area contributed by atoms with E-state index in [0.717, 1.165) is 10.0 Å². The van der Waals surface area contributed by atoms with E-state index in [0.29, 0.717) is 6.42 Å². The molecule has 0 radical (unpaired) electrons. The number of carbonyl (C=O) groups excluding carboxylic acids is 1. The molecule has 1 amide bonds. The van der Waals surface area contributed by atoms with E-state index < -0.39 is 6.04 Å². The lowest BCUT2D eigenvalue weighted by Gasteiger charge is -2.11. The maximum atomic E-state index is 11.2. The molecule has 0 fully saturated rings. The van der Waals surface area contributed by atoms with Gasteiger partial charge < -0.3 is 5.32 Å². The molecule has 0 heterocycles. The average molecular weight is 267 g/mol. The van der Waals surface area contributed by atoms with Crippen molar-refractivity contribution in [3.63, 3.8) is 0 Å². The van der Waals surface area contributed by atoms with Crippen molar-refractivity contribution in [1.82, 2.24) is 5.32 Å². The van der Waals surface area contributed by atoms with Gasteiger partial charge in [0.15, 0.2) is 0 Å². The number of nitriles is 1. The van der Waals surface area contributed by atoms with Crippen LogP contribution in [-0.2, 0) is 4.79 Å². The highest BCUT2D eigenvalue weighted by molar-refractivity contribution is 9.10. The summed E-state index contributed by atoms with van der Waals surface area (Å²) in [5.41, 5.74) is 0.786. The highest BCUT2D eigenvalue weighted by atomic mass is 79.9. The number of carbonyl (C=O) groups is 1. The Morgan fingerprint density at radius 1 is 1.67 bits per heavy atom. The highest BCUT2D eigenvalue weighted by Gasteiger charge is 2.12. The van der Waals surface area contributed by atoms with Gasteiger partial charge in [0.05, 0.1) is 6.07 Å². The fraction of sp³-hybridized carbons (Fsp3) is 0.273. The first-order chi connectivity index (χ1) is 7.17. The molecule has 15 heavy (non-hydrogen) atoms. The quantitative estimate of drug-likeness (QED) is 0.914. The van der Waals surface area contributed by atoms with Crippen molar-refractivity contribution in [3.8, 4) is 6.07 Å². The standard InChI is InChI=1S/C11H11BrN2O/c1-2-11(15)14-10(7-13)8-4-3-5-9(12)6-8/h3-6,10H,2H2,1H3,(H,14,15). The molecule has 0 aromatic heterocycles. The van der Waals surface area contributed by atoms with Gasteiger partial charge in [-0.05, 0) is 17.7 Å². The van der Waals surface area contributed by atoms with Crippen molar-refractivity contribution in [2.45, 2.75) is 19.4 Å².